The third kappa shape index (κ3) is 6.44. The van der Waals surface area contributed by atoms with E-state index in [1.54, 1.807) is 30.5 Å². The number of hydrogen-bond acceptors (Lipinski definition) is 6. The van der Waals surface area contributed by atoms with Crippen LogP contribution in [0.2, 0.25) is 0 Å². The summed E-state index contributed by atoms with van der Waals surface area (Å²) in [5, 5.41) is 9.26. The van der Waals surface area contributed by atoms with Gasteiger partial charge in [0.15, 0.2) is 12.2 Å². The molecule has 0 saturated heterocycles. The number of ether oxygens (including phenoxy) is 1. The highest BCUT2D eigenvalue weighted by Crippen LogP contribution is 2.32. The van der Waals surface area contributed by atoms with Crippen molar-refractivity contribution < 1.29 is 23.5 Å². The van der Waals surface area contributed by atoms with E-state index < -0.39 is 17.4 Å². The van der Waals surface area contributed by atoms with E-state index in [2.05, 4.69) is 25.9 Å². The molecule has 0 aliphatic carbocycles. The van der Waals surface area contributed by atoms with Crippen molar-refractivity contribution in [3.05, 3.63) is 96.6 Å². The molecule has 208 valence electrons. The van der Waals surface area contributed by atoms with Crippen LogP contribution in [0.25, 0.3) is 22.2 Å². The molecule has 0 saturated carbocycles. The molecule has 4 N–H and O–H groups in total. The first-order valence-electron chi connectivity index (χ1n) is 12.9. The second kappa shape index (κ2) is 11.4. The predicted octanol–water partition coefficient (Wildman–Crippen LogP) is 5.16. The summed E-state index contributed by atoms with van der Waals surface area (Å²) in [4.78, 5) is 45.1. The molecule has 41 heavy (non-hydrogen) atoms. The number of anilines is 2. The molecule has 3 aromatic carbocycles. The van der Waals surface area contributed by atoms with Crippen LogP contribution in [0.3, 0.4) is 0 Å². The van der Waals surface area contributed by atoms with Crippen molar-refractivity contribution in [2.45, 2.75) is 25.8 Å². The van der Waals surface area contributed by atoms with Crippen molar-refractivity contribution in [2.24, 2.45) is 0 Å². The summed E-state index contributed by atoms with van der Waals surface area (Å²) >= 11 is 0. The van der Waals surface area contributed by atoms with Crippen LogP contribution in [0.15, 0.2) is 89.9 Å². The normalized spacial score (nSPS) is 11.2. The molecule has 2 aromatic heterocycles. The molecule has 0 bridgehead atoms. The Labute approximate surface area is 236 Å². The summed E-state index contributed by atoms with van der Waals surface area (Å²) in [6.07, 6.45) is 5.17. The van der Waals surface area contributed by atoms with Crippen LogP contribution in [-0.2, 0) is 16.0 Å². The molecule has 10 heteroatoms. The fourth-order valence-electron chi connectivity index (χ4n) is 4.53. The number of nitrogens with one attached hydrogen (secondary N) is 4. The Bertz CT molecular complexity index is 1700. The van der Waals surface area contributed by atoms with Gasteiger partial charge in [0, 0.05) is 45.6 Å². The Balaban J connectivity index is 1.16. The summed E-state index contributed by atoms with van der Waals surface area (Å²) in [6.45, 7) is 3.67. The van der Waals surface area contributed by atoms with Gasteiger partial charge in [0.05, 0.1) is 18.9 Å². The highest BCUT2D eigenvalue weighted by molar-refractivity contribution is 6.39. The topological polar surface area (TPSA) is 138 Å². The Morgan fingerprint density at radius 1 is 0.927 bits per heavy atom. The lowest BCUT2D eigenvalue weighted by molar-refractivity contribution is -0.137. The van der Waals surface area contributed by atoms with E-state index in [0.29, 0.717) is 40.4 Å². The number of oxazole rings is 1. The van der Waals surface area contributed by atoms with Gasteiger partial charge >= 0.3 is 11.8 Å². The minimum atomic E-state index is -0.802. The molecule has 0 spiro atoms. The highest BCUT2D eigenvalue weighted by atomic mass is 16.5. The van der Waals surface area contributed by atoms with Crippen LogP contribution >= 0.6 is 0 Å². The first-order valence-corrected chi connectivity index (χ1v) is 12.9. The minimum Gasteiger partial charge on any atom is -0.496 e. The van der Waals surface area contributed by atoms with E-state index in [-0.39, 0.29) is 5.91 Å². The van der Waals surface area contributed by atoms with Gasteiger partial charge in [0.25, 0.3) is 5.91 Å². The largest absolute Gasteiger partial charge is 0.496 e. The number of methoxy groups -OCH3 is 1. The van der Waals surface area contributed by atoms with Crippen molar-refractivity contribution in [1.29, 1.82) is 0 Å². The van der Waals surface area contributed by atoms with E-state index >= 15 is 0 Å². The lowest BCUT2D eigenvalue weighted by Crippen LogP contribution is -2.49. The number of amides is 3. The molecular formula is C31H29N5O5. The Hall–Kier alpha value is -5.38. The molecule has 0 fully saturated rings. The van der Waals surface area contributed by atoms with Gasteiger partial charge in [-0.1, -0.05) is 12.1 Å². The molecule has 3 amide bonds. The average molecular weight is 552 g/mol. The summed E-state index contributed by atoms with van der Waals surface area (Å²) in [5.41, 5.74) is 3.45. The van der Waals surface area contributed by atoms with Crippen molar-refractivity contribution >= 4 is 40.0 Å². The Kier molecular flexibility index (Phi) is 7.55. The van der Waals surface area contributed by atoms with Crippen molar-refractivity contribution in [3.63, 3.8) is 0 Å². The fraction of sp³-hybridized carbons (Fsp3) is 0.161. The zero-order valence-electron chi connectivity index (χ0n) is 22.8. The summed E-state index contributed by atoms with van der Waals surface area (Å²) in [5.74, 6) is -0.796. The lowest BCUT2D eigenvalue weighted by atomic mass is 9.94. The van der Waals surface area contributed by atoms with Gasteiger partial charge in [0.1, 0.15) is 5.75 Å². The fourth-order valence-corrected chi connectivity index (χ4v) is 4.53. The van der Waals surface area contributed by atoms with E-state index in [4.69, 9.17) is 9.15 Å². The summed E-state index contributed by atoms with van der Waals surface area (Å²) in [6, 6.07) is 19.7. The molecule has 5 rings (SSSR count). The number of hydrogen-bond donors (Lipinski definition) is 4. The van der Waals surface area contributed by atoms with Gasteiger partial charge in [-0.05, 0) is 74.4 Å². The van der Waals surface area contributed by atoms with Crippen LogP contribution in [0, 0.1) is 0 Å². The van der Waals surface area contributed by atoms with Gasteiger partial charge in [0.2, 0.25) is 0 Å². The van der Waals surface area contributed by atoms with Gasteiger partial charge < -0.3 is 30.1 Å². The van der Waals surface area contributed by atoms with E-state index in [0.717, 1.165) is 16.5 Å². The molecule has 5 aromatic rings. The van der Waals surface area contributed by atoms with Crippen LogP contribution in [0.4, 0.5) is 11.4 Å². The molecular weight excluding hydrogens is 522 g/mol. The van der Waals surface area contributed by atoms with Crippen LogP contribution in [0.1, 0.15) is 29.8 Å². The summed E-state index contributed by atoms with van der Waals surface area (Å²) in [7, 11) is 1.50. The Morgan fingerprint density at radius 3 is 2.44 bits per heavy atom. The first-order chi connectivity index (χ1) is 19.7. The maximum Gasteiger partial charge on any atom is 0.313 e. The number of carbonyl (C=O) groups is 3. The monoisotopic (exact) mass is 551 g/mol. The molecule has 10 nitrogen and oxygen atoms in total. The summed E-state index contributed by atoms with van der Waals surface area (Å²) < 4.78 is 10.7. The zero-order valence-corrected chi connectivity index (χ0v) is 22.8. The molecule has 0 aliphatic heterocycles. The van der Waals surface area contributed by atoms with Crippen molar-refractivity contribution in [2.75, 3.05) is 17.7 Å². The van der Waals surface area contributed by atoms with Crippen LogP contribution in [-0.4, -0.2) is 40.3 Å². The molecule has 0 atom stereocenters. The van der Waals surface area contributed by atoms with Crippen LogP contribution < -0.4 is 20.7 Å². The first kappa shape index (κ1) is 27.2. The second-order valence-corrected chi connectivity index (χ2v) is 10.2. The maximum atomic E-state index is 12.7. The smallest absolute Gasteiger partial charge is 0.313 e. The zero-order chi connectivity index (χ0) is 29.0. The van der Waals surface area contributed by atoms with Gasteiger partial charge in [-0.15, -0.1) is 0 Å². The minimum absolute atomic E-state index is 0.204. The number of H-pyrrole nitrogens is 1. The van der Waals surface area contributed by atoms with E-state index in [1.165, 1.54) is 13.5 Å². The molecule has 0 unspecified atom stereocenters. The number of fused-ring (bicyclic) bond motifs is 1. The number of nitrogens with zero attached hydrogens (tertiary/aromatic N) is 1. The highest BCUT2D eigenvalue weighted by Gasteiger charge is 2.25. The van der Waals surface area contributed by atoms with Crippen LogP contribution in [0.5, 0.6) is 5.75 Å². The SMILES string of the molecule is COc1cc(NC(=O)C(=O)NC(C)(C)Cc2ccc(NC(=O)c3ccc4[nH]ccc4c3)cc2)ccc1-c1cnco1. The third-order valence-electron chi connectivity index (χ3n) is 6.49. The number of aromatic nitrogens is 2. The van der Waals surface area contributed by atoms with Gasteiger partial charge in [-0.25, -0.2) is 4.98 Å². The average Bonchev–Trinajstić information content (AvgIpc) is 3.65. The molecule has 0 aliphatic rings. The maximum absolute atomic E-state index is 12.7. The molecule has 2 heterocycles. The van der Waals surface area contributed by atoms with Gasteiger partial charge in [-0.3, -0.25) is 14.4 Å². The van der Waals surface area contributed by atoms with Crippen molar-refractivity contribution in [1.82, 2.24) is 15.3 Å². The van der Waals surface area contributed by atoms with E-state index in [9.17, 15) is 14.4 Å². The quantitative estimate of drug-likeness (QED) is 0.197. The lowest BCUT2D eigenvalue weighted by Gasteiger charge is -2.26. The number of rotatable bonds is 8. The number of benzene rings is 3. The third-order valence-corrected chi connectivity index (χ3v) is 6.49. The van der Waals surface area contributed by atoms with Gasteiger partial charge in [-0.2, -0.15) is 0 Å². The van der Waals surface area contributed by atoms with E-state index in [1.807, 2.05) is 62.5 Å². The predicted molar refractivity (Wildman–Crippen MR) is 156 cm³/mol. The van der Waals surface area contributed by atoms with Crippen molar-refractivity contribution in [3.8, 4) is 17.1 Å². The number of carbonyl (C=O) groups excluding carboxylic acids is 3. The second-order valence-electron chi connectivity index (χ2n) is 10.2. The molecule has 0 radical (unpaired) electrons. The standard InChI is InChI=1S/C31H29N5O5/c1-31(2,36-30(39)29(38)35-23-9-10-24(26(15-23)40-3)27-17-32-18-41-27)16-19-4-7-22(8-5-19)34-28(37)21-6-11-25-20(14-21)12-13-33-25/h4-15,17-18,33H,16H2,1-3H3,(H,34,37)(H,35,38)(H,36,39). The number of aromatic amines is 1. The Morgan fingerprint density at radius 2 is 1.71 bits per heavy atom.